The van der Waals surface area contributed by atoms with E-state index in [1.54, 1.807) is 41.3 Å². The maximum absolute atomic E-state index is 13.1. The quantitative estimate of drug-likeness (QED) is 0.304. The van der Waals surface area contributed by atoms with E-state index in [2.05, 4.69) is 4.40 Å². The minimum Gasteiger partial charge on any atom is -0.422 e. The zero-order chi connectivity index (χ0) is 22.9. The molecule has 0 N–H and O–H groups in total. The minimum atomic E-state index is -4.07. The smallest absolute Gasteiger partial charge is 0.347 e. The molecule has 0 amide bonds. The van der Waals surface area contributed by atoms with Gasteiger partial charge in [-0.25, -0.2) is 4.79 Å². The molecular formula is C23H25ClN2O4S. The van der Waals surface area contributed by atoms with Crippen molar-refractivity contribution in [2.24, 2.45) is 4.40 Å². The summed E-state index contributed by atoms with van der Waals surface area (Å²) in [7, 11) is -4.07. The van der Waals surface area contributed by atoms with E-state index in [4.69, 9.17) is 16.0 Å². The van der Waals surface area contributed by atoms with Crippen LogP contribution in [0.4, 0.5) is 0 Å². The fourth-order valence-corrected chi connectivity index (χ4v) is 4.63. The standard InChI is InChI=1S/C23H25ClN2O4S/c1-14(2)26(15(3)4)22(25-31(28,29)19-9-6-16(5)7-10-19)20-13-17-12-18(24)8-11-21(17)30-23(20)27/h6-15H,1-5H3/b25-22+. The lowest BCUT2D eigenvalue weighted by Gasteiger charge is -2.33. The number of nitrogens with zero attached hydrogens (tertiary/aromatic N) is 2. The lowest BCUT2D eigenvalue weighted by Crippen LogP contribution is -2.44. The summed E-state index contributed by atoms with van der Waals surface area (Å²) in [6, 6.07) is 12.6. The van der Waals surface area contributed by atoms with Gasteiger partial charge in [0.05, 0.1) is 4.90 Å². The Bertz CT molecular complexity index is 1290. The molecule has 0 aliphatic rings. The van der Waals surface area contributed by atoms with Gasteiger partial charge in [0.1, 0.15) is 11.1 Å². The summed E-state index contributed by atoms with van der Waals surface area (Å²) in [5.74, 6) is 0.0428. The van der Waals surface area contributed by atoms with E-state index in [0.29, 0.717) is 16.0 Å². The van der Waals surface area contributed by atoms with E-state index >= 15 is 0 Å². The molecule has 6 nitrogen and oxygen atoms in total. The first kappa shape index (κ1) is 23.0. The third-order valence-electron chi connectivity index (χ3n) is 4.82. The molecule has 0 bridgehead atoms. The zero-order valence-corrected chi connectivity index (χ0v) is 19.7. The molecule has 8 heteroatoms. The van der Waals surface area contributed by atoms with Gasteiger partial charge in [-0.05, 0) is 71.0 Å². The van der Waals surface area contributed by atoms with Crippen molar-refractivity contribution in [2.75, 3.05) is 0 Å². The van der Waals surface area contributed by atoms with Gasteiger partial charge in [0.2, 0.25) is 0 Å². The molecule has 0 aliphatic heterocycles. The van der Waals surface area contributed by atoms with Gasteiger partial charge in [-0.15, -0.1) is 4.40 Å². The summed E-state index contributed by atoms with van der Waals surface area (Å²) < 4.78 is 35.9. The largest absolute Gasteiger partial charge is 0.422 e. The number of hydrogen-bond donors (Lipinski definition) is 0. The van der Waals surface area contributed by atoms with Gasteiger partial charge in [-0.2, -0.15) is 8.42 Å². The molecule has 0 unspecified atom stereocenters. The predicted octanol–water partition coefficient (Wildman–Crippen LogP) is 5.01. The van der Waals surface area contributed by atoms with Crippen molar-refractivity contribution < 1.29 is 12.8 Å². The van der Waals surface area contributed by atoms with Gasteiger partial charge < -0.3 is 9.32 Å². The van der Waals surface area contributed by atoms with E-state index in [0.717, 1.165) is 5.56 Å². The van der Waals surface area contributed by atoms with Crippen LogP contribution in [-0.2, 0) is 10.0 Å². The Labute approximate surface area is 187 Å². The first-order valence-electron chi connectivity index (χ1n) is 9.93. The molecule has 0 atom stereocenters. The highest BCUT2D eigenvalue weighted by molar-refractivity contribution is 7.90. The Morgan fingerprint density at radius 3 is 2.19 bits per heavy atom. The first-order chi connectivity index (χ1) is 14.5. The number of hydrogen-bond acceptors (Lipinski definition) is 4. The predicted molar refractivity (Wildman–Crippen MR) is 125 cm³/mol. The van der Waals surface area contributed by atoms with Crippen molar-refractivity contribution in [2.45, 2.75) is 51.6 Å². The van der Waals surface area contributed by atoms with E-state index in [9.17, 15) is 13.2 Å². The fourth-order valence-electron chi connectivity index (χ4n) is 3.45. The highest BCUT2D eigenvalue weighted by Crippen LogP contribution is 2.22. The molecule has 1 aromatic heterocycles. The van der Waals surface area contributed by atoms with E-state index < -0.39 is 15.6 Å². The molecule has 0 saturated heterocycles. The summed E-state index contributed by atoms with van der Waals surface area (Å²) in [5.41, 5.74) is 0.688. The Kier molecular flexibility index (Phi) is 6.57. The summed E-state index contributed by atoms with van der Waals surface area (Å²) in [4.78, 5) is 14.7. The van der Waals surface area contributed by atoms with Crippen molar-refractivity contribution >= 4 is 38.4 Å². The SMILES string of the molecule is Cc1ccc(S(=O)(=O)/N=C(\c2cc3cc(Cl)ccc3oc2=O)N(C(C)C)C(C)C)cc1. The van der Waals surface area contributed by atoms with Crippen LogP contribution < -0.4 is 5.63 Å². The van der Waals surface area contributed by atoms with E-state index in [1.807, 2.05) is 34.6 Å². The Balaban J connectivity index is 2.31. The average molecular weight is 461 g/mol. The number of halogens is 1. The van der Waals surface area contributed by atoms with Crippen LogP contribution in [0.25, 0.3) is 11.0 Å². The number of sulfonamides is 1. The van der Waals surface area contributed by atoms with Crippen LogP contribution in [0.5, 0.6) is 0 Å². The Morgan fingerprint density at radius 1 is 1.00 bits per heavy atom. The van der Waals surface area contributed by atoms with Crippen LogP contribution in [0, 0.1) is 6.92 Å². The fraction of sp³-hybridized carbons (Fsp3) is 0.304. The highest BCUT2D eigenvalue weighted by Gasteiger charge is 2.27. The molecule has 164 valence electrons. The Morgan fingerprint density at radius 2 is 1.61 bits per heavy atom. The number of rotatable bonds is 5. The molecule has 0 aliphatic carbocycles. The van der Waals surface area contributed by atoms with Crippen molar-refractivity contribution in [3.63, 3.8) is 0 Å². The van der Waals surface area contributed by atoms with Crippen LogP contribution >= 0.6 is 11.6 Å². The van der Waals surface area contributed by atoms with Crippen LogP contribution in [-0.4, -0.2) is 31.2 Å². The molecule has 2 aromatic carbocycles. The third-order valence-corrected chi connectivity index (χ3v) is 6.33. The van der Waals surface area contributed by atoms with Crippen LogP contribution in [0.3, 0.4) is 0 Å². The number of aryl methyl sites for hydroxylation is 1. The van der Waals surface area contributed by atoms with Crippen molar-refractivity contribution in [3.8, 4) is 0 Å². The molecule has 3 aromatic rings. The molecule has 0 spiro atoms. The molecule has 0 fully saturated rings. The van der Waals surface area contributed by atoms with Gasteiger partial charge >= 0.3 is 5.63 Å². The normalized spacial score (nSPS) is 12.7. The van der Waals surface area contributed by atoms with Crippen molar-refractivity contribution in [1.82, 2.24) is 4.90 Å². The topological polar surface area (TPSA) is 80.0 Å². The van der Waals surface area contributed by atoms with Crippen molar-refractivity contribution in [1.29, 1.82) is 0 Å². The second-order valence-electron chi connectivity index (χ2n) is 7.93. The van der Waals surface area contributed by atoms with Gasteiger partial charge in [0.15, 0.2) is 5.84 Å². The molecule has 3 rings (SSSR count). The van der Waals surface area contributed by atoms with Gasteiger partial charge in [-0.3, -0.25) is 0 Å². The van der Waals surface area contributed by atoms with E-state index in [-0.39, 0.29) is 28.4 Å². The second-order valence-corrected chi connectivity index (χ2v) is 9.97. The summed E-state index contributed by atoms with van der Waals surface area (Å²) >= 11 is 6.10. The van der Waals surface area contributed by atoms with Gasteiger partial charge in [0.25, 0.3) is 10.0 Å². The highest BCUT2D eigenvalue weighted by atomic mass is 35.5. The van der Waals surface area contributed by atoms with Gasteiger partial charge in [-0.1, -0.05) is 29.3 Å². The molecule has 0 radical (unpaired) electrons. The van der Waals surface area contributed by atoms with Crippen molar-refractivity contribution in [3.05, 3.63) is 75.1 Å². The zero-order valence-electron chi connectivity index (χ0n) is 18.1. The lowest BCUT2D eigenvalue weighted by molar-refractivity contribution is 0.292. The van der Waals surface area contributed by atoms with Gasteiger partial charge in [0, 0.05) is 22.5 Å². The molecule has 0 saturated carbocycles. The first-order valence-corrected chi connectivity index (χ1v) is 11.7. The number of benzene rings is 2. The third kappa shape index (κ3) is 4.99. The summed E-state index contributed by atoms with van der Waals surface area (Å²) in [6.07, 6.45) is 0. The Hall–Kier alpha value is -2.64. The summed E-state index contributed by atoms with van der Waals surface area (Å²) in [5, 5.41) is 1.05. The van der Waals surface area contributed by atoms with Crippen LogP contribution in [0.2, 0.25) is 5.02 Å². The molecule has 1 heterocycles. The maximum atomic E-state index is 13.1. The number of amidine groups is 1. The second kappa shape index (κ2) is 8.85. The average Bonchev–Trinajstić information content (AvgIpc) is 2.67. The van der Waals surface area contributed by atoms with Crippen LogP contribution in [0.1, 0.15) is 38.8 Å². The number of fused-ring (bicyclic) bond motifs is 1. The lowest BCUT2D eigenvalue weighted by atomic mass is 10.1. The monoisotopic (exact) mass is 460 g/mol. The summed E-state index contributed by atoms with van der Waals surface area (Å²) in [6.45, 7) is 9.51. The van der Waals surface area contributed by atoms with E-state index in [1.165, 1.54) is 12.1 Å². The van der Waals surface area contributed by atoms with Crippen LogP contribution in [0.15, 0.2) is 67.0 Å². The minimum absolute atomic E-state index is 0.0428. The molecule has 31 heavy (non-hydrogen) atoms. The maximum Gasteiger partial charge on any atom is 0.347 e. The molecular weight excluding hydrogens is 436 g/mol.